The number of rotatable bonds is 5. The number of benzene rings is 1. The Balaban J connectivity index is 1.85. The second-order valence-corrected chi connectivity index (χ2v) is 6.31. The van der Waals surface area contributed by atoms with Crippen LogP contribution in [0.4, 0.5) is 0 Å². The Morgan fingerprint density at radius 2 is 1.85 bits per heavy atom. The maximum atomic E-state index is 13.0. The van der Waals surface area contributed by atoms with E-state index in [4.69, 9.17) is 5.11 Å². The van der Waals surface area contributed by atoms with Crippen molar-refractivity contribution in [2.24, 2.45) is 0 Å². The minimum Gasteiger partial charge on any atom is -0.481 e. The van der Waals surface area contributed by atoms with Crippen LogP contribution in [-0.4, -0.2) is 29.8 Å². The summed E-state index contributed by atoms with van der Waals surface area (Å²) in [6.07, 6.45) is 3.56. The first-order valence-electron chi connectivity index (χ1n) is 8.38. The number of hydrogen-bond acceptors (Lipinski definition) is 3. The molecule has 26 heavy (non-hydrogen) atoms. The summed E-state index contributed by atoms with van der Waals surface area (Å²) in [6.45, 7) is 2.54. The Bertz CT molecular complexity index is 1180. The van der Waals surface area contributed by atoms with E-state index in [2.05, 4.69) is 5.10 Å². The lowest BCUT2D eigenvalue weighted by atomic mass is 10.2. The number of aromatic nitrogens is 4. The SMILES string of the molecule is Cc1cccn2ncc(Cn3c(=O)n(CCC(=O)O)c4ccccc43)c12. The molecule has 0 saturated carbocycles. The van der Waals surface area contributed by atoms with Crippen LogP contribution in [0.15, 0.2) is 53.6 Å². The number of carboxylic acid groups (broad SMARTS) is 1. The molecule has 3 heterocycles. The topological polar surface area (TPSA) is 81.5 Å². The summed E-state index contributed by atoms with van der Waals surface area (Å²) >= 11 is 0. The lowest BCUT2D eigenvalue weighted by molar-refractivity contribution is -0.137. The molecular weight excluding hydrogens is 332 g/mol. The van der Waals surface area contributed by atoms with Gasteiger partial charge in [0.25, 0.3) is 0 Å². The number of fused-ring (bicyclic) bond motifs is 2. The van der Waals surface area contributed by atoms with Crippen molar-refractivity contribution in [2.75, 3.05) is 0 Å². The summed E-state index contributed by atoms with van der Waals surface area (Å²) in [4.78, 5) is 23.9. The monoisotopic (exact) mass is 350 g/mol. The van der Waals surface area contributed by atoms with Crippen LogP contribution in [0, 0.1) is 6.92 Å². The van der Waals surface area contributed by atoms with Crippen LogP contribution in [0.2, 0.25) is 0 Å². The summed E-state index contributed by atoms with van der Waals surface area (Å²) in [5.41, 5.74) is 4.35. The number of imidazole rings is 1. The molecule has 132 valence electrons. The van der Waals surface area contributed by atoms with Crippen LogP contribution < -0.4 is 5.69 Å². The fourth-order valence-electron chi connectivity index (χ4n) is 3.43. The molecule has 1 N–H and O–H groups in total. The minimum atomic E-state index is -0.924. The number of pyridine rings is 1. The molecule has 1 aromatic carbocycles. The molecule has 7 nitrogen and oxygen atoms in total. The number of aliphatic carboxylic acids is 1. The minimum absolute atomic E-state index is 0.0935. The van der Waals surface area contributed by atoms with Gasteiger partial charge >= 0.3 is 11.7 Å². The summed E-state index contributed by atoms with van der Waals surface area (Å²) in [6, 6.07) is 11.4. The van der Waals surface area contributed by atoms with E-state index in [1.165, 1.54) is 4.57 Å². The molecule has 4 rings (SSSR count). The fraction of sp³-hybridized carbons (Fsp3) is 0.211. The second kappa shape index (κ2) is 6.18. The van der Waals surface area contributed by atoms with Crippen molar-refractivity contribution in [3.05, 3.63) is 70.4 Å². The molecule has 0 amide bonds. The number of para-hydroxylation sites is 2. The van der Waals surface area contributed by atoms with E-state index < -0.39 is 5.97 Å². The highest BCUT2D eigenvalue weighted by atomic mass is 16.4. The highest BCUT2D eigenvalue weighted by Crippen LogP contribution is 2.19. The van der Waals surface area contributed by atoms with Gasteiger partial charge in [-0.2, -0.15) is 5.10 Å². The first-order chi connectivity index (χ1) is 12.6. The molecule has 0 aliphatic carbocycles. The van der Waals surface area contributed by atoms with Crippen molar-refractivity contribution in [1.29, 1.82) is 0 Å². The normalized spacial score (nSPS) is 11.4. The van der Waals surface area contributed by atoms with E-state index in [1.54, 1.807) is 15.3 Å². The number of nitrogens with zero attached hydrogens (tertiary/aromatic N) is 4. The van der Waals surface area contributed by atoms with Gasteiger partial charge in [-0.1, -0.05) is 18.2 Å². The van der Waals surface area contributed by atoms with Gasteiger partial charge in [-0.3, -0.25) is 13.9 Å². The molecule has 3 aromatic heterocycles. The molecule has 0 aliphatic heterocycles. The summed E-state index contributed by atoms with van der Waals surface area (Å²) in [5.74, 6) is -0.924. The van der Waals surface area contributed by atoms with Crippen molar-refractivity contribution in [2.45, 2.75) is 26.4 Å². The van der Waals surface area contributed by atoms with Gasteiger partial charge in [0.05, 0.1) is 35.7 Å². The highest BCUT2D eigenvalue weighted by Gasteiger charge is 2.16. The zero-order chi connectivity index (χ0) is 18.3. The quantitative estimate of drug-likeness (QED) is 0.599. The molecule has 0 aliphatic rings. The van der Waals surface area contributed by atoms with Crippen molar-refractivity contribution in [3.8, 4) is 0 Å². The van der Waals surface area contributed by atoms with Gasteiger partial charge in [-0.15, -0.1) is 0 Å². The average Bonchev–Trinajstić information content (AvgIpc) is 3.15. The maximum Gasteiger partial charge on any atom is 0.329 e. The zero-order valence-electron chi connectivity index (χ0n) is 14.3. The maximum absolute atomic E-state index is 13.0. The average molecular weight is 350 g/mol. The van der Waals surface area contributed by atoms with Crippen LogP contribution >= 0.6 is 0 Å². The van der Waals surface area contributed by atoms with Gasteiger partial charge in [-0.25, -0.2) is 9.31 Å². The van der Waals surface area contributed by atoms with Crippen molar-refractivity contribution >= 4 is 22.5 Å². The Morgan fingerprint density at radius 1 is 1.12 bits per heavy atom. The van der Waals surface area contributed by atoms with Gasteiger partial charge in [0, 0.05) is 18.3 Å². The van der Waals surface area contributed by atoms with Crippen LogP contribution in [0.3, 0.4) is 0 Å². The molecule has 0 unspecified atom stereocenters. The summed E-state index contributed by atoms with van der Waals surface area (Å²) < 4.78 is 5.02. The third kappa shape index (κ3) is 2.57. The molecule has 0 bridgehead atoms. The van der Waals surface area contributed by atoms with Crippen molar-refractivity contribution < 1.29 is 9.90 Å². The number of aryl methyl sites for hydroxylation is 2. The lowest BCUT2D eigenvalue weighted by Crippen LogP contribution is -2.25. The molecule has 0 radical (unpaired) electrons. The van der Waals surface area contributed by atoms with Crippen LogP contribution in [0.5, 0.6) is 0 Å². The molecular formula is C19H18N4O3. The zero-order valence-corrected chi connectivity index (χ0v) is 14.3. The van der Waals surface area contributed by atoms with Gasteiger partial charge in [0.15, 0.2) is 0 Å². The molecule has 0 fully saturated rings. The first kappa shape index (κ1) is 16.1. The molecule has 0 saturated heterocycles. The van der Waals surface area contributed by atoms with E-state index in [9.17, 15) is 9.59 Å². The van der Waals surface area contributed by atoms with E-state index in [1.807, 2.05) is 49.5 Å². The Hall–Kier alpha value is -3.35. The van der Waals surface area contributed by atoms with Gasteiger partial charge < -0.3 is 5.11 Å². The Morgan fingerprint density at radius 3 is 2.58 bits per heavy atom. The van der Waals surface area contributed by atoms with E-state index in [-0.39, 0.29) is 18.7 Å². The highest BCUT2D eigenvalue weighted by molar-refractivity contribution is 5.76. The van der Waals surface area contributed by atoms with Gasteiger partial charge in [0.2, 0.25) is 0 Å². The second-order valence-electron chi connectivity index (χ2n) is 6.31. The number of hydrogen-bond donors (Lipinski definition) is 1. The molecule has 0 spiro atoms. The third-order valence-corrected chi connectivity index (χ3v) is 4.62. The third-order valence-electron chi connectivity index (χ3n) is 4.62. The number of carbonyl (C=O) groups is 1. The molecule has 0 atom stereocenters. The van der Waals surface area contributed by atoms with Crippen LogP contribution in [-0.2, 0) is 17.9 Å². The van der Waals surface area contributed by atoms with Crippen molar-refractivity contribution in [3.63, 3.8) is 0 Å². The first-order valence-corrected chi connectivity index (χ1v) is 8.38. The van der Waals surface area contributed by atoms with Crippen molar-refractivity contribution in [1.82, 2.24) is 18.7 Å². The predicted molar refractivity (Wildman–Crippen MR) is 97.5 cm³/mol. The van der Waals surface area contributed by atoms with Crippen LogP contribution in [0.25, 0.3) is 16.6 Å². The van der Waals surface area contributed by atoms with E-state index in [0.717, 1.165) is 27.7 Å². The lowest BCUT2D eigenvalue weighted by Gasteiger charge is -2.04. The molecule has 7 heteroatoms. The number of carboxylic acids is 1. The van der Waals surface area contributed by atoms with E-state index in [0.29, 0.717) is 6.54 Å². The predicted octanol–water partition coefficient (Wildman–Crippen LogP) is 2.28. The molecule has 4 aromatic rings. The fourth-order valence-corrected chi connectivity index (χ4v) is 3.43. The summed E-state index contributed by atoms with van der Waals surface area (Å²) in [5, 5.41) is 13.3. The standard InChI is InChI=1S/C19H18N4O3/c1-13-5-4-9-23-18(13)14(11-20-23)12-22-16-7-3-2-6-15(16)21(19(22)26)10-8-17(24)25/h2-7,9,11H,8,10,12H2,1H3,(H,24,25). The van der Waals surface area contributed by atoms with Gasteiger partial charge in [-0.05, 0) is 30.7 Å². The van der Waals surface area contributed by atoms with Gasteiger partial charge in [0.1, 0.15) is 0 Å². The smallest absolute Gasteiger partial charge is 0.329 e. The summed E-state index contributed by atoms with van der Waals surface area (Å²) in [7, 11) is 0. The Labute approximate surface area is 148 Å². The Kier molecular flexibility index (Phi) is 3.84. The van der Waals surface area contributed by atoms with E-state index >= 15 is 0 Å². The largest absolute Gasteiger partial charge is 0.481 e. The van der Waals surface area contributed by atoms with Crippen LogP contribution in [0.1, 0.15) is 17.5 Å².